The van der Waals surface area contributed by atoms with Crippen molar-refractivity contribution in [3.8, 4) is 17.0 Å². The highest BCUT2D eigenvalue weighted by Gasteiger charge is 2.10. The molecule has 0 aliphatic rings. The first-order valence-electron chi connectivity index (χ1n) is 7.20. The van der Waals surface area contributed by atoms with Crippen molar-refractivity contribution in [2.75, 3.05) is 12.4 Å². The number of anilines is 1. The maximum absolute atomic E-state index is 12.3. The predicted octanol–water partition coefficient (Wildman–Crippen LogP) is 4.06. The van der Waals surface area contributed by atoms with Crippen LogP contribution >= 0.6 is 11.6 Å². The molecule has 2 aromatic heterocycles. The molecule has 0 spiro atoms. The molecule has 1 N–H and O–H groups in total. The van der Waals surface area contributed by atoms with Gasteiger partial charge in [0.05, 0.1) is 7.11 Å². The van der Waals surface area contributed by atoms with Crippen LogP contribution in [0.2, 0.25) is 5.15 Å². The van der Waals surface area contributed by atoms with Gasteiger partial charge in [0.1, 0.15) is 16.6 Å². The van der Waals surface area contributed by atoms with Crippen LogP contribution in [0, 0.1) is 0 Å². The average Bonchev–Trinajstić information content (AvgIpc) is 2.62. The second kappa shape index (κ2) is 7.10. The van der Waals surface area contributed by atoms with Crippen LogP contribution in [-0.2, 0) is 0 Å². The summed E-state index contributed by atoms with van der Waals surface area (Å²) in [4.78, 5) is 20.5. The molecule has 3 aromatic rings. The molecule has 5 nitrogen and oxygen atoms in total. The van der Waals surface area contributed by atoms with Crippen molar-refractivity contribution in [2.24, 2.45) is 0 Å². The Morgan fingerprint density at radius 2 is 1.88 bits per heavy atom. The van der Waals surface area contributed by atoms with Gasteiger partial charge in [0.15, 0.2) is 0 Å². The minimum absolute atomic E-state index is 0.225. The summed E-state index contributed by atoms with van der Waals surface area (Å²) in [6.07, 6.45) is 3.24. The number of pyridine rings is 2. The first kappa shape index (κ1) is 16.0. The van der Waals surface area contributed by atoms with Gasteiger partial charge in [-0.3, -0.25) is 9.78 Å². The normalized spacial score (nSPS) is 10.2. The highest BCUT2D eigenvalue weighted by molar-refractivity contribution is 6.29. The molecule has 0 unspecified atom stereocenters. The zero-order chi connectivity index (χ0) is 16.9. The lowest BCUT2D eigenvalue weighted by atomic mass is 10.1. The fourth-order valence-electron chi connectivity index (χ4n) is 2.24. The topological polar surface area (TPSA) is 64.1 Å². The molecule has 0 radical (unpaired) electrons. The van der Waals surface area contributed by atoms with Crippen molar-refractivity contribution in [2.45, 2.75) is 0 Å². The van der Waals surface area contributed by atoms with Crippen molar-refractivity contribution in [1.82, 2.24) is 9.97 Å². The van der Waals surface area contributed by atoms with Gasteiger partial charge >= 0.3 is 0 Å². The van der Waals surface area contributed by atoms with Crippen molar-refractivity contribution in [1.29, 1.82) is 0 Å². The number of hydrogen-bond donors (Lipinski definition) is 1. The van der Waals surface area contributed by atoms with Gasteiger partial charge in [0, 0.05) is 29.2 Å². The molecule has 2 heterocycles. The molecule has 6 heteroatoms. The Balaban J connectivity index is 1.80. The summed E-state index contributed by atoms with van der Waals surface area (Å²) in [5.41, 5.74) is 2.72. The van der Waals surface area contributed by atoms with Crippen LogP contribution in [0.15, 0.2) is 60.9 Å². The van der Waals surface area contributed by atoms with Crippen LogP contribution in [0.5, 0.6) is 5.75 Å². The molecule has 0 bridgehead atoms. The zero-order valence-corrected chi connectivity index (χ0v) is 13.6. The van der Waals surface area contributed by atoms with E-state index in [4.69, 9.17) is 16.3 Å². The Kier molecular flexibility index (Phi) is 4.72. The van der Waals surface area contributed by atoms with Crippen LogP contribution in [0.3, 0.4) is 0 Å². The predicted molar refractivity (Wildman–Crippen MR) is 93.4 cm³/mol. The van der Waals surface area contributed by atoms with Crippen LogP contribution in [-0.4, -0.2) is 23.0 Å². The van der Waals surface area contributed by atoms with Crippen molar-refractivity contribution >= 4 is 23.2 Å². The standard InChI is InChI=1S/C18H14ClN3O2/c1-24-15-3-2-9-21-17(15)12-4-6-13(7-5-12)18(23)22-14-8-10-20-16(19)11-14/h2-11H,1H3,(H,20,22,23). The van der Waals surface area contributed by atoms with E-state index < -0.39 is 0 Å². The number of halogens is 1. The summed E-state index contributed by atoms with van der Waals surface area (Å²) in [6.45, 7) is 0. The minimum atomic E-state index is -0.225. The van der Waals surface area contributed by atoms with E-state index in [0.717, 1.165) is 11.3 Å². The molecule has 0 atom stereocenters. The summed E-state index contributed by atoms with van der Waals surface area (Å²) in [5.74, 6) is 0.456. The van der Waals surface area contributed by atoms with Crippen LogP contribution in [0.4, 0.5) is 5.69 Å². The molecule has 120 valence electrons. The molecular formula is C18H14ClN3O2. The summed E-state index contributed by atoms with van der Waals surface area (Å²) in [7, 11) is 1.60. The molecule has 1 aromatic carbocycles. The second-order valence-electron chi connectivity index (χ2n) is 4.95. The van der Waals surface area contributed by atoms with E-state index in [1.165, 1.54) is 6.20 Å². The summed E-state index contributed by atoms with van der Waals surface area (Å²) in [6, 6.07) is 14.1. The molecule has 24 heavy (non-hydrogen) atoms. The summed E-state index contributed by atoms with van der Waals surface area (Å²) in [5, 5.41) is 3.10. The Labute approximate surface area is 144 Å². The van der Waals surface area contributed by atoms with E-state index in [1.807, 2.05) is 24.3 Å². The number of amides is 1. The number of nitrogens with zero attached hydrogens (tertiary/aromatic N) is 2. The van der Waals surface area contributed by atoms with Crippen LogP contribution < -0.4 is 10.1 Å². The second-order valence-corrected chi connectivity index (χ2v) is 5.34. The number of aromatic nitrogens is 2. The van der Waals surface area contributed by atoms with Gasteiger partial charge < -0.3 is 10.1 Å². The quantitative estimate of drug-likeness (QED) is 0.728. The number of carbonyl (C=O) groups excluding carboxylic acids is 1. The number of hydrogen-bond acceptors (Lipinski definition) is 4. The Bertz CT molecular complexity index is 866. The highest BCUT2D eigenvalue weighted by atomic mass is 35.5. The highest BCUT2D eigenvalue weighted by Crippen LogP contribution is 2.27. The smallest absolute Gasteiger partial charge is 0.255 e. The van der Waals surface area contributed by atoms with Crippen LogP contribution in [0.25, 0.3) is 11.3 Å². The van der Waals surface area contributed by atoms with Crippen molar-refractivity contribution in [3.05, 3.63) is 71.6 Å². The fraction of sp³-hybridized carbons (Fsp3) is 0.0556. The molecule has 0 saturated heterocycles. The number of carbonyl (C=O) groups is 1. The third-order valence-electron chi connectivity index (χ3n) is 3.40. The van der Waals surface area contributed by atoms with Gasteiger partial charge in [-0.15, -0.1) is 0 Å². The summed E-state index contributed by atoms with van der Waals surface area (Å²) >= 11 is 5.81. The minimum Gasteiger partial charge on any atom is -0.494 e. The van der Waals surface area contributed by atoms with E-state index in [2.05, 4.69) is 15.3 Å². The van der Waals surface area contributed by atoms with Gasteiger partial charge in [-0.1, -0.05) is 23.7 Å². The molecule has 0 aliphatic carbocycles. The maximum atomic E-state index is 12.3. The maximum Gasteiger partial charge on any atom is 0.255 e. The van der Waals surface area contributed by atoms with E-state index in [9.17, 15) is 4.79 Å². The van der Waals surface area contributed by atoms with Crippen molar-refractivity contribution in [3.63, 3.8) is 0 Å². The van der Waals surface area contributed by atoms with Gasteiger partial charge in [-0.25, -0.2) is 4.98 Å². The lowest BCUT2D eigenvalue weighted by Gasteiger charge is -2.08. The first-order chi connectivity index (χ1) is 11.7. The van der Waals surface area contributed by atoms with E-state index in [0.29, 0.717) is 22.2 Å². The first-order valence-corrected chi connectivity index (χ1v) is 7.57. The molecular weight excluding hydrogens is 326 g/mol. The summed E-state index contributed by atoms with van der Waals surface area (Å²) < 4.78 is 5.31. The van der Waals surface area contributed by atoms with Gasteiger partial charge in [-0.2, -0.15) is 0 Å². The Morgan fingerprint density at radius 1 is 1.08 bits per heavy atom. The molecule has 0 fully saturated rings. The fourth-order valence-corrected chi connectivity index (χ4v) is 2.41. The van der Waals surface area contributed by atoms with E-state index in [-0.39, 0.29) is 5.91 Å². The molecule has 0 saturated carbocycles. The molecule has 3 rings (SSSR count). The zero-order valence-electron chi connectivity index (χ0n) is 12.9. The lowest BCUT2D eigenvalue weighted by molar-refractivity contribution is 0.102. The largest absolute Gasteiger partial charge is 0.494 e. The Hall–Kier alpha value is -2.92. The number of rotatable bonds is 4. The number of benzene rings is 1. The van der Waals surface area contributed by atoms with Crippen LogP contribution in [0.1, 0.15) is 10.4 Å². The lowest BCUT2D eigenvalue weighted by Crippen LogP contribution is -2.11. The van der Waals surface area contributed by atoms with Gasteiger partial charge in [0.25, 0.3) is 5.91 Å². The Morgan fingerprint density at radius 3 is 2.58 bits per heavy atom. The van der Waals surface area contributed by atoms with Gasteiger partial charge in [0.2, 0.25) is 0 Å². The molecule has 0 aliphatic heterocycles. The number of nitrogens with one attached hydrogen (secondary N) is 1. The molecule has 1 amide bonds. The van der Waals surface area contributed by atoms with E-state index in [1.54, 1.807) is 37.6 Å². The number of ether oxygens (including phenoxy) is 1. The number of methoxy groups -OCH3 is 1. The van der Waals surface area contributed by atoms with E-state index >= 15 is 0 Å². The third-order valence-corrected chi connectivity index (χ3v) is 3.60. The van der Waals surface area contributed by atoms with Crippen molar-refractivity contribution < 1.29 is 9.53 Å². The SMILES string of the molecule is COc1cccnc1-c1ccc(C(=O)Nc2ccnc(Cl)c2)cc1. The van der Waals surface area contributed by atoms with Gasteiger partial charge in [-0.05, 0) is 36.4 Å². The average molecular weight is 340 g/mol. The third kappa shape index (κ3) is 3.52. The monoisotopic (exact) mass is 339 g/mol.